The van der Waals surface area contributed by atoms with E-state index in [2.05, 4.69) is 0 Å². The van der Waals surface area contributed by atoms with Gasteiger partial charge < -0.3 is 14.2 Å². The van der Waals surface area contributed by atoms with Crippen molar-refractivity contribution in [1.82, 2.24) is 0 Å². The summed E-state index contributed by atoms with van der Waals surface area (Å²) < 4.78 is 15.3. The average molecular weight is 306 g/mol. The number of carbonyl (C=O) groups is 2. The summed E-state index contributed by atoms with van der Waals surface area (Å²) in [6.07, 6.45) is 1.50. The third-order valence-corrected chi connectivity index (χ3v) is 2.69. The molecule has 0 aliphatic heterocycles. The SMILES string of the molecule is CCOC(=O)CC(=Cc1cccc(OCC)c1)C(=O)OCC. The Labute approximate surface area is 130 Å². The summed E-state index contributed by atoms with van der Waals surface area (Å²) in [5, 5.41) is 0. The van der Waals surface area contributed by atoms with E-state index in [0.717, 1.165) is 5.56 Å². The van der Waals surface area contributed by atoms with Gasteiger partial charge in [-0.1, -0.05) is 12.1 Å². The zero-order valence-electron chi connectivity index (χ0n) is 13.3. The predicted octanol–water partition coefficient (Wildman–Crippen LogP) is 2.99. The van der Waals surface area contributed by atoms with Crippen molar-refractivity contribution in [3.8, 4) is 5.75 Å². The lowest BCUT2D eigenvalue weighted by Crippen LogP contribution is -2.13. The summed E-state index contributed by atoms with van der Waals surface area (Å²) in [5.41, 5.74) is 1.02. The van der Waals surface area contributed by atoms with E-state index in [1.54, 1.807) is 26.0 Å². The number of rotatable bonds is 8. The van der Waals surface area contributed by atoms with E-state index in [4.69, 9.17) is 14.2 Å². The molecule has 0 aromatic heterocycles. The Morgan fingerprint density at radius 2 is 1.77 bits per heavy atom. The number of esters is 2. The number of benzene rings is 1. The van der Waals surface area contributed by atoms with Gasteiger partial charge in [0.25, 0.3) is 0 Å². The van der Waals surface area contributed by atoms with Crippen LogP contribution in [0.3, 0.4) is 0 Å². The van der Waals surface area contributed by atoms with Gasteiger partial charge in [0.15, 0.2) is 0 Å². The van der Waals surface area contributed by atoms with Crippen LogP contribution in [0.25, 0.3) is 6.08 Å². The van der Waals surface area contributed by atoms with E-state index in [0.29, 0.717) is 12.4 Å². The maximum Gasteiger partial charge on any atom is 0.334 e. The summed E-state index contributed by atoms with van der Waals surface area (Å²) in [4.78, 5) is 23.6. The van der Waals surface area contributed by atoms with Crippen LogP contribution in [0, 0.1) is 0 Å². The van der Waals surface area contributed by atoms with Crippen LogP contribution < -0.4 is 4.74 Å². The molecule has 0 heterocycles. The molecule has 120 valence electrons. The summed E-state index contributed by atoms with van der Waals surface area (Å²) in [5.74, 6) is -0.268. The molecule has 0 saturated heterocycles. The van der Waals surface area contributed by atoms with Crippen LogP contribution in [0.5, 0.6) is 5.75 Å². The van der Waals surface area contributed by atoms with Gasteiger partial charge in [0.05, 0.1) is 26.2 Å². The van der Waals surface area contributed by atoms with E-state index in [9.17, 15) is 9.59 Å². The second kappa shape index (κ2) is 9.60. The monoisotopic (exact) mass is 306 g/mol. The van der Waals surface area contributed by atoms with Crippen LogP contribution >= 0.6 is 0 Å². The van der Waals surface area contributed by atoms with Crippen molar-refractivity contribution in [2.45, 2.75) is 27.2 Å². The Morgan fingerprint density at radius 3 is 2.41 bits per heavy atom. The fourth-order valence-corrected chi connectivity index (χ4v) is 1.84. The predicted molar refractivity (Wildman–Crippen MR) is 83.5 cm³/mol. The second-order valence-corrected chi connectivity index (χ2v) is 4.38. The van der Waals surface area contributed by atoms with Crippen LogP contribution in [0.2, 0.25) is 0 Å². The molecule has 0 aliphatic rings. The highest BCUT2D eigenvalue weighted by Gasteiger charge is 2.16. The lowest BCUT2D eigenvalue weighted by atomic mass is 10.1. The van der Waals surface area contributed by atoms with Crippen LogP contribution in [-0.2, 0) is 19.1 Å². The Morgan fingerprint density at radius 1 is 1.05 bits per heavy atom. The summed E-state index contributed by atoms with van der Waals surface area (Å²) in [6, 6.07) is 7.28. The fraction of sp³-hybridized carbons (Fsp3) is 0.412. The van der Waals surface area contributed by atoms with Gasteiger partial charge in [-0.3, -0.25) is 4.79 Å². The minimum absolute atomic E-state index is 0.120. The molecule has 0 N–H and O–H groups in total. The van der Waals surface area contributed by atoms with Crippen molar-refractivity contribution < 1.29 is 23.8 Å². The molecule has 0 atom stereocenters. The van der Waals surface area contributed by atoms with Gasteiger partial charge in [-0.2, -0.15) is 0 Å². The zero-order chi connectivity index (χ0) is 16.4. The summed E-state index contributed by atoms with van der Waals surface area (Å²) in [6.45, 7) is 6.41. The highest BCUT2D eigenvalue weighted by molar-refractivity contribution is 5.98. The van der Waals surface area contributed by atoms with Crippen molar-refractivity contribution in [2.24, 2.45) is 0 Å². The maximum absolute atomic E-state index is 12.0. The molecular weight excluding hydrogens is 284 g/mol. The molecular formula is C17H22O5. The number of ether oxygens (including phenoxy) is 3. The molecule has 22 heavy (non-hydrogen) atoms. The Bertz CT molecular complexity index is 534. The lowest BCUT2D eigenvalue weighted by molar-refractivity contribution is -0.145. The van der Waals surface area contributed by atoms with Crippen molar-refractivity contribution in [3.63, 3.8) is 0 Å². The van der Waals surface area contributed by atoms with Gasteiger partial charge in [0, 0.05) is 5.57 Å². The third kappa shape index (κ3) is 5.99. The van der Waals surface area contributed by atoms with Crippen LogP contribution in [0.1, 0.15) is 32.8 Å². The van der Waals surface area contributed by atoms with Crippen LogP contribution in [0.15, 0.2) is 29.8 Å². The molecule has 1 aromatic rings. The van der Waals surface area contributed by atoms with Gasteiger partial charge in [0.2, 0.25) is 0 Å². The first kappa shape index (κ1) is 17.8. The molecule has 0 amide bonds. The first-order valence-electron chi connectivity index (χ1n) is 7.36. The molecule has 1 aromatic carbocycles. The molecule has 5 nitrogen and oxygen atoms in total. The molecule has 5 heteroatoms. The topological polar surface area (TPSA) is 61.8 Å². The van der Waals surface area contributed by atoms with Gasteiger partial charge in [-0.05, 0) is 44.5 Å². The van der Waals surface area contributed by atoms with Gasteiger partial charge in [-0.15, -0.1) is 0 Å². The Balaban J connectivity index is 3.00. The third-order valence-electron chi connectivity index (χ3n) is 2.69. The van der Waals surface area contributed by atoms with E-state index in [1.165, 1.54) is 0 Å². The molecule has 0 saturated carbocycles. The highest BCUT2D eigenvalue weighted by atomic mass is 16.5. The van der Waals surface area contributed by atoms with Crippen molar-refractivity contribution >= 4 is 18.0 Å². The van der Waals surface area contributed by atoms with Gasteiger partial charge in [-0.25, -0.2) is 4.79 Å². The van der Waals surface area contributed by atoms with Crippen molar-refractivity contribution in [1.29, 1.82) is 0 Å². The van der Waals surface area contributed by atoms with E-state index in [1.807, 2.05) is 25.1 Å². The van der Waals surface area contributed by atoms with Gasteiger partial charge >= 0.3 is 11.9 Å². The molecule has 0 unspecified atom stereocenters. The summed E-state index contributed by atoms with van der Waals surface area (Å²) in [7, 11) is 0. The number of hydrogen-bond donors (Lipinski definition) is 0. The van der Waals surface area contributed by atoms with Crippen molar-refractivity contribution in [2.75, 3.05) is 19.8 Å². The number of hydrogen-bond acceptors (Lipinski definition) is 5. The molecule has 0 radical (unpaired) electrons. The standard InChI is InChI=1S/C17H22O5/c1-4-20-15-9-7-8-13(11-15)10-14(17(19)22-6-3)12-16(18)21-5-2/h7-11H,4-6,12H2,1-3H3. The minimum Gasteiger partial charge on any atom is -0.494 e. The molecule has 0 aliphatic carbocycles. The van der Waals surface area contributed by atoms with Crippen LogP contribution in [0.4, 0.5) is 0 Å². The second-order valence-electron chi connectivity index (χ2n) is 4.38. The van der Waals surface area contributed by atoms with Crippen molar-refractivity contribution in [3.05, 3.63) is 35.4 Å². The first-order chi connectivity index (χ1) is 10.6. The molecule has 0 spiro atoms. The van der Waals surface area contributed by atoms with E-state index < -0.39 is 11.9 Å². The molecule has 0 fully saturated rings. The molecule has 1 rings (SSSR count). The smallest absolute Gasteiger partial charge is 0.334 e. The average Bonchev–Trinajstić information content (AvgIpc) is 2.48. The maximum atomic E-state index is 12.0. The normalized spacial score (nSPS) is 11.0. The van der Waals surface area contributed by atoms with E-state index >= 15 is 0 Å². The number of carbonyl (C=O) groups excluding carboxylic acids is 2. The quantitative estimate of drug-likeness (QED) is 0.546. The zero-order valence-corrected chi connectivity index (χ0v) is 13.3. The lowest BCUT2D eigenvalue weighted by Gasteiger charge is -2.08. The highest BCUT2D eigenvalue weighted by Crippen LogP contribution is 2.18. The Kier molecular flexibility index (Phi) is 7.75. The fourth-order valence-electron chi connectivity index (χ4n) is 1.84. The van der Waals surface area contributed by atoms with Crippen LogP contribution in [-0.4, -0.2) is 31.8 Å². The largest absolute Gasteiger partial charge is 0.494 e. The molecule has 0 bridgehead atoms. The van der Waals surface area contributed by atoms with Gasteiger partial charge in [0.1, 0.15) is 5.75 Å². The summed E-state index contributed by atoms with van der Waals surface area (Å²) >= 11 is 0. The first-order valence-corrected chi connectivity index (χ1v) is 7.36. The Hall–Kier alpha value is -2.30. The van der Waals surface area contributed by atoms with E-state index in [-0.39, 0.29) is 25.2 Å². The minimum atomic E-state index is -0.516.